The van der Waals surface area contributed by atoms with Crippen LogP contribution in [0.1, 0.15) is 12.8 Å². The number of carboxylic acid groups (broad SMARTS) is 1. The minimum Gasteiger partial charge on any atom is -0.481 e. The van der Waals surface area contributed by atoms with Gasteiger partial charge in [-0.3, -0.25) is 9.59 Å². The van der Waals surface area contributed by atoms with E-state index in [-0.39, 0.29) is 19.4 Å². The van der Waals surface area contributed by atoms with E-state index in [1.807, 2.05) is 0 Å². The topological polar surface area (TPSA) is 157 Å². The van der Waals surface area contributed by atoms with E-state index < -0.39 is 49.0 Å². The van der Waals surface area contributed by atoms with E-state index in [4.69, 9.17) is 14.9 Å². The van der Waals surface area contributed by atoms with Crippen molar-refractivity contribution in [1.82, 2.24) is 5.32 Å². The Morgan fingerprint density at radius 3 is 2.20 bits per heavy atom. The third-order valence-corrected chi connectivity index (χ3v) is 3.04. The maximum atomic E-state index is 11.5. The highest BCUT2D eigenvalue weighted by atomic mass is 16.5. The third-order valence-electron chi connectivity index (χ3n) is 3.04. The SMILES string of the molecule is O=C(O)CCNC(=O)C[C@H]1O[C@H](CO)[C@H](O)[C@H](O)[C@H]1O. The molecular weight excluding hydrogens is 274 g/mol. The van der Waals surface area contributed by atoms with Crippen molar-refractivity contribution in [3.8, 4) is 0 Å². The molecule has 1 heterocycles. The molecule has 0 saturated carbocycles. The lowest BCUT2D eigenvalue weighted by molar-refractivity contribution is -0.229. The number of hydrogen-bond donors (Lipinski definition) is 6. The molecule has 0 bridgehead atoms. The molecule has 0 aromatic rings. The Balaban J connectivity index is 2.49. The fraction of sp³-hybridized carbons (Fsp3) is 0.818. The van der Waals surface area contributed by atoms with Gasteiger partial charge in [-0.25, -0.2) is 0 Å². The second kappa shape index (κ2) is 7.50. The van der Waals surface area contributed by atoms with E-state index >= 15 is 0 Å². The van der Waals surface area contributed by atoms with Crippen LogP contribution in [0.3, 0.4) is 0 Å². The highest BCUT2D eigenvalue weighted by Crippen LogP contribution is 2.22. The number of aliphatic carboxylic acids is 1. The van der Waals surface area contributed by atoms with Gasteiger partial charge in [-0.05, 0) is 0 Å². The van der Waals surface area contributed by atoms with Gasteiger partial charge in [0.2, 0.25) is 5.91 Å². The lowest BCUT2D eigenvalue weighted by Crippen LogP contribution is -2.59. The Hall–Kier alpha value is -1.26. The minimum absolute atomic E-state index is 0.0639. The maximum Gasteiger partial charge on any atom is 0.305 e. The van der Waals surface area contributed by atoms with Crippen molar-refractivity contribution in [3.63, 3.8) is 0 Å². The van der Waals surface area contributed by atoms with Crippen LogP contribution in [0.2, 0.25) is 0 Å². The zero-order valence-electron chi connectivity index (χ0n) is 10.7. The van der Waals surface area contributed by atoms with E-state index in [0.717, 1.165) is 0 Å². The van der Waals surface area contributed by atoms with Crippen molar-refractivity contribution in [3.05, 3.63) is 0 Å². The van der Waals surface area contributed by atoms with Crippen LogP contribution < -0.4 is 5.32 Å². The molecule has 20 heavy (non-hydrogen) atoms. The zero-order valence-corrected chi connectivity index (χ0v) is 10.7. The molecular formula is C11H19NO8. The second-order valence-electron chi connectivity index (χ2n) is 4.57. The predicted molar refractivity (Wildman–Crippen MR) is 63.6 cm³/mol. The van der Waals surface area contributed by atoms with Gasteiger partial charge in [0, 0.05) is 6.54 Å². The highest BCUT2D eigenvalue weighted by molar-refractivity contribution is 5.77. The summed E-state index contributed by atoms with van der Waals surface area (Å²) < 4.78 is 5.14. The van der Waals surface area contributed by atoms with Gasteiger partial charge in [-0.1, -0.05) is 0 Å². The quantitative estimate of drug-likeness (QED) is 0.299. The van der Waals surface area contributed by atoms with Gasteiger partial charge < -0.3 is 35.6 Å². The number of amides is 1. The number of carboxylic acids is 1. The fourth-order valence-electron chi connectivity index (χ4n) is 1.91. The number of hydrogen-bond acceptors (Lipinski definition) is 7. The first kappa shape index (κ1) is 16.8. The molecule has 0 aliphatic carbocycles. The van der Waals surface area contributed by atoms with E-state index in [9.17, 15) is 24.9 Å². The second-order valence-corrected chi connectivity index (χ2v) is 4.57. The summed E-state index contributed by atoms with van der Waals surface area (Å²) in [6.45, 7) is -0.631. The molecule has 1 aliphatic rings. The van der Waals surface area contributed by atoms with Gasteiger partial charge >= 0.3 is 5.97 Å². The summed E-state index contributed by atoms with van der Waals surface area (Å²) in [5.74, 6) is -1.62. The van der Waals surface area contributed by atoms with Crippen LogP contribution >= 0.6 is 0 Å². The number of carbonyl (C=O) groups is 2. The monoisotopic (exact) mass is 293 g/mol. The summed E-state index contributed by atoms with van der Waals surface area (Å²) in [6.07, 6.45) is -7.18. The van der Waals surface area contributed by atoms with Crippen molar-refractivity contribution in [1.29, 1.82) is 0 Å². The van der Waals surface area contributed by atoms with Crippen LogP contribution in [-0.4, -0.2) is 81.1 Å². The Labute approximate surface area is 114 Å². The molecule has 0 aromatic carbocycles. The summed E-state index contributed by atoms with van der Waals surface area (Å²) in [6, 6.07) is 0. The van der Waals surface area contributed by atoms with Crippen molar-refractivity contribution in [2.75, 3.05) is 13.2 Å². The Kier molecular flexibility index (Phi) is 6.30. The maximum absolute atomic E-state index is 11.5. The summed E-state index contributed by atoms with van der Waals surface area (Å²) in [5, 5.41) is 48.5. The van der Waals surface area contributed by atoms with E-state index in [0.29, 0.717) is 0 Å². The number of nitrogens with one attached hydrogen (secondary N) is 1. The van der Waals surface area contributed by atoms with Gasteiger partial charge in [0.1, 0.15) is 24.4 Å². The molecule has 1 rings (SSSR count). The summed E-state index contributed by atoms with van der Waals surface area (Å²) in [7, 11) is 0. The fourth-order valence-corrected chi connectivity index (χ4v) is 1.91. The van der Waals surface area contributed by atoms with Crippen molar-refractivity contribution in [2.24, 2.45) is 0 Å². The normalized spacial score (nSPS) is 33.7. The molecule has 1 aliphatic heterocycles. The highest BCUT2D eigenvalue weighted by Gasteiger charge is 2.43. The van der Waals surface area contributed by atoms with Gasteiger partial charge in [0.15, 0.2) is 0 Å². The molecule has 0 aromatic heterocycles. The molecule has 5 atom stereocenters. The minimum atomic E-state index is -1.53. The first-order valence-corrected chi connectivity index (χ1v) is 6.15. The molecule has 1 fully saturated rings. The van der Waals surface area contributed by atoms with Crippen LogP contribution in [0.25, 0.3) is 0 Å². The lowest BCUT2D eigenvalue weighted by Gasteiger charge is -2.39. The number of carbonyl (C=O) groups excluding carboxylic acids is 1. The van der Waals surface area contributed by atoms with Crippen LogP contribution in [0.15, 0.2) is 0 Å². The summed E-state index contributed by atoms with van der Waals surface area (Å²) in [5.41, 5.74) is 0. The smallest absolute Gasteiger partial charge is 0.305 e. The summed E-state index contributed by atoms with van der Waals surface area (Å²) >= 11 is 0. The Bertz CT molecular complexity index is 347. The zero-order chi connectivity index (χ0) is 15.3. The molecule has 9 heteroatoms. The molecule has 0 spiro atoms. The molecule has 0 radical (unpaired) electrons. The lowest BCUT2D eigenvalue weighted by atomic mass is 9.93. The molecule has 116 valence electrons. The Morgan fingerprint density at radius 2 is 1.65 bits per heavy atom. The van der Waals surface area contributed by atoms with Crippen molar-refractivity contribution >= 4 is 11.9 Å². The van der Waals surface area contributed by atoms with E-state index in [2.05, 4.69) is 5.32 Å². The van der Waals surface area contributed by atoms with Crippen molar-refractivity contribution < 1.29 is 39.9 Å². The molecule has 6 N–H and O–H groups in total. The number of rotatable bonds is 6. The van der Waals surface area contributed by atoms with Crippen LogP contribution in [0, 0.1) is 0 Å². The Morgan fingerprint density at radius 1 is 1.05 bits per heavy atom. The van der Waals surface area contributed by atoms with Gasteiger partial charge in [-0.15, -0.1) is 0 Å². The molecule has 0 unspecified atom stereocenters. The average molecular weight is 293 g/mol. The number of aliphatic hydroxyl groups is 4. The molecule has 9 nitrogen and oxygen atoms in total. The molecule has 1 saturated heterocycles. The largest absolute Gasteiger partial charge is 0.481 e. The first-order chi connectivity index (χ1) is 9.36. The van der Waals surface area contributed by atoms with Gasteiger partial charge in [-0.2, -0.15) is 0 Å². The van der Waals surface area contributed by atoms with Crippen LogP contribution in [0.5, 0.6) is 0 Å². The van der Waals surface area contributed by atoms with Gasteiger partial charge in [0.25, 0.3) is 0 Å². The number of ether oxygens (including phenoxy) is 1. The van der Waals surface area contributed by atoms with Crippen LogP contribution in [-0.2, 0) is 14.3 Å². The third kappa shape index (κ3) is 4.39. The van der Waals surface area contributed by atoms with Crippen molar-refractivity contribution in [2.45, 2.75) is 43.4 Å². The molecule has 1 amide bonds. The summed E-state index contributed by atoms with van der Waals surface area (Å²) in [4.78, 5) is 21.8. The number of aliphatic hydroxyl groups excluding tert-OH is 4. The predicted octanol–water partition coefficient (Wildman–Crippen LogP) is -3.19. The standard InChI is InChI=1S/C11H19NO8/c13-4-6-10(18)11(19)9(17)5(20-6)3-7(14)12-2-1-8(15)16/h5-6,9-11,13,17-19H,1-4H2,(H,12,14)(H,15,16)/t5-,6-,9+,10+,11-/m1/s1. The van der Waals surface area contributed by atoms with Gasteiger partial charge in [0.05, 0.1) is 25.6 Å². The average Bonchev–Trinajstić information content (AvgIpc) is 2.39. The first-order valence-electron chi connectivity index (χ1n) is 6.15. The van der Waals surface area contributed by atoms with E-state index in [1.165, 1.54) is 0 Å². The van der Waals surface area contributed by atoms with E-state index in [1.54, 1.807) is 0 Å². The van der Waals surface area contributed by atoms with Crippen LogP contribution in [0.4, 0.5) is 0 Å².